The van der Waals surface area contributed by atoms with Crippen LogP contribution in [-0.2, 0) is 16.6 Å². The number of nitrogens with one attached hydrogen (secondary N) is 2. The lowest BCUT2D eigenvalue weighted by atomic mass is 10.2. The molecule has 0 saturated heterocycles. The van der Waals surface area contributed by atoms with Crippen LogP contribution in [0.4, 0.5) is 5.69 Å². The van der Waals surface area contributed by atoms with E-state index in [1.807, 2.05) is 0 Å². The van der Waals surface area contributed by atoms with E-state index in [0.717, 1.165) is 5.56 Å². The number of amides is 1. The number of carbonyl (C=O) groups is 1. The second-order valence-corrected chi connectivity index (χ2v) is 8.44. The largest absolute Gasteiger partial charge is 0.492 e. The Morgan fingerprint density at radius 3 is 2.67 bits per heavy atom. The molecule has 0 unspecified atom stereocenters. The van der Waals surface area contributed by atoms with E-state index in [1.165, 1.54) is 24.3 Å². The summed E-state index contributed by atoms with van der Waals surface area (Å²) < 4.78 is 33.5. The summed E-state index contributed by atoms with van der Waals surface area (Å²) in [6.45, 7) is 2.24. The van der Waals surface area contributed by atoms with Gasteiger partial charge in [-0.1, -0.05) is 23.7 Å². The number of hydrogen-bond acceptors (Lipinski definition) is 5. The number of sulfonamides is 1. The van der Waals surface area contributed by atoms with E-state index < -0.39 is 15.9 Å². The highest BCUT2D eigenvalue weighted by Crippen LogP contribution is 2.28. The minimum Gasteiger partial charge on any atom is -0.492 e. The fraction of sp³-hybridized carbons (Fsp3) is 0.143. The summed E-state index contributed by atoms with van der Waals surface area (Å²) in [5.74, 6) is -0.0737. The van der Waals surface area contributed by atoms with Gasteiger partial charge in [0, 0.05) is 29.5 Å². The second kappa shape index (κ2) is 9.71. The maximum Gasteiger partial charge on any atom is 0.255 e. The van der Waals surface area contributed by atoms with Crippen LogP contribution in [0.15, 0.2) is 71.9 Å². The first-order chi connectivity index (χ1) is 14.4. The zero-order chi connectivity index (χ0) is 21.6. The van der Waals surface area contributed by atoms with Crippen molar-refractivity contribution in [1.82, 2.24) is 9.71 Å². The molecule has 2 aromatic carbocycles. The lowest BCUT2D eigenvalue weighted by Crippen LogP contribution is -2.23. The van der Waals surface area contributed by atoms with Gasteiger partial charge in [0.05, 0.1) is 17.2 Å². The number of nitrogens with zero attached hydrogens (tertiary/aromatic N) is 1. The summed E-state index contributed by atoms with van der Waals surface area (Å²) in [6.07, 6.45) is 3.19. The van der Waals surface area contributed by atoms with Gasteiger partial charge in [-0.3, -0.25) is 9.78 Å². The molecule has 0 bridgehead atoms. The number of benzene rings is 2. The quantitative estimate of drug-likeness (QED) is 0.548. The molecule has 0 atom stereocenters. The molecule has 156 valence electrons. The van der Waals surface area contributed by atoms with Gasteiger partial charge >= 0.3 is 0 Å². The number of halogens is 1. The highest BCUT2D eigenvalue weighted by Gasteiger charge is 2.18. The van der Waals surface area contributed by atoms with Crippen molar-refractivity contribution in [2.24, 2.45) is 0 Å². The average molecular weight is 446 g/mol. The summed E-state index contributed by atoms with van der Waals surface area (Å²) in [5.41, 5.74) is 1.31. The summed E-state index contributed by atoms with van der Waals surface area (Å²) >= 11 is 5.95. The number of aromatic nitrogens is 1. The zero-order valence-electron chi connectivity index (χ0n) is 16.1. The van der Waals surface area contributed by atoms with Crippen LogP contribution < -0.4 is 14.8 Å². The van der Waals surface area contributed by atoms with Crippen molar-refractivity contribution in [3.63, 3.8) is 0 Å². The van der Waals surface area contributed by atoms with Crippen molar-refractivity contribution >= 4 is 33.2 Å². The molecule has 0 spiro atoms. The van der Waals surface area contributed by atoms with E-state index in [4.69, 9.17) is 16.3 Å². The Morgan fingerprint density at radius 1 is 1.13 bits per heavy atom. The number of hydrogen-bond donors (Lipinski definition) is 2. The Kier molecular flexibility index (Phi) is 7.04. The minimum atomic E-state index is -3.83. The van der Waals surface area contributed by atoms with Crippen molar-refractivity contribution in [3.05, 3.63) is 83.1 Å². The molecule has 0 aliphatic rings. The maximum absolute atomic E-state index is 12.7. The molecule has 0 radical (unpaired) electrons. The molecule has 3 rings (SSSR count). The molecule has 3 aromatic rings. The SMILES string of the molecule is CCOc1ccc(S(=O)(=O)NCc2cccnc2)cc1NC(=O)c1cccc(Cl)c1. The van der Waals surface area contributed by atoms with E-state index in [2.05, 4.69) is 15.0 Å². The first-order valence-electron chi connectivity index (χ1n) is 9.11. The van der Waals surface area contributed by atoms with Gasteiger partial charge in [-0.15, -0.1) is 0 Å². The monoisotopic (exact) mass is 445 g/mol. The van der Waals surface area contributed by atoms with E-state index in [0.29, 0.717) is 22.9 Å². The van der Waals surface area contributed by atoms with Gasteiger partial charge in [0.1, 0.15) is 5.75 Å². The molecular formula is C21H20ClN3O4S. The van der Waals surface area contributed by atoms with Crippen LogP contribution in [0, 0.1) is 0 Å². The van der Waals surface area contributed by atoms with Crippen LogP contribution in [0.3, 0.4) is 0 Å². The average Bonchev–Trinajstić information content (AvgIpc) is 2.74. The van der Waals surface area contributed by atoms with E-state index in [-0.39, 0.29) is 17.1 Å². The molecule has 0 saturated carbocycles. The summed E-state index contributed by atoms with van der Waals surface area (Å²) in [6, 6.07) is 14.2. The molecule has 0 aliphatic heterocycles. The Labute approximate surface area is 180 Å². The molecule has 1 heterocycles. The highest BCUT2D eigenvalue weighted by molar-refractivity contribution is 7.89. The van der Waals surface area contributed by atoms with Gasteiger partial charge in [0.2, 0.25) is 10.0 Å². The smallest absolute Gasteiger partial charge is 0.255 e. The van der Waals surface area contributed by atoms with E-state index in [9.17, 15) is 13.2 Å². The Balaban J connectivity index is 1.85. The van der Waals surface area contributed by atoms with Gasteiger partial charge in [-0.25, -0.2) is 13.1 Å². The highest BCUT2D eigenvalue weighted by atomic mass is 35.5. The van der Waals surface area contributed by atoms with Crippen molar-refractivity contribution in [3.8, 4) is 5.75 Å². The molecule has 1 amide bonds. The van der Waals surface area contributed by atoms with Crippen molar-refractivity contribution in [2.45, 2.75) is 18.4 Å². The van der Waals surface area contributed by atoms with Crippen LogP contribution in [0.5, 0.6) is 5.75 Å². The molecule has 0 aliphatic carbocycles. The fourth-order valence-corrected chi connectivity index (χ4v) is 3.88. The normalized spacial score (nSPS) is 11.1. The van der Waals surface area contributed by atoms with Crippen molar-refractivity contribution in [2.75, 3.05) is 11.9 Å². The second-order valence-electron chi connectivity index (χ2n) is 6.24. The van der Waals surface area contributed by atoms with Gasteiger partial charge < -0.3 is 10.1 Å². The molecule has 9 heteroatoms. The van der Waals surface area contributed by atoms with Crippen LogP contribution in [-0.4, -0.2) is 25.9 Å². The predicted molar refractivity (Wildman–Crippen MR) is 115 cm³/mol. The number of carbonyl (C=O) groups excluding carboxylic acids is 1. The lowest BCUT2D eigenvalue weighted by molar-refractivity contribution is 0.102. The third kappa shape index (κ3) is 5.56. The van der Waals surface area contributed by atoms with Crippen molar-refractivity contribution < 1.29 is 17.9 Å². The molecular weight excluding hydrogens is 426 g/mol. The van der Waals surface area contributed by atoms with Crippen molar-refractivity contribution in [1.29, 1.82) is 0 Å². The topological polar surface area (TPSA) is 97.4 Å². The van der Waals surface area contributed by atoms with E-state index in [1.54, 1.807) is 49.6 Å². The third-order valence-corrected chi connectivity index (χ3v) is 5.72. The van der Waals surface area contributed by atoms with Crippen LogP contribution >= 0.6 is 11.6 Å². The Morgan fingerprint density at radius 2 is 1.97 bits per heavy atom. The molecule has 30 heavy (non-hydrogen) atoms. The minimum absolute atomic E-state index is 0.00348. The zero-order valence-corrected chi connectivity index (χ0v) is 17.7. The fourth-order valence-electron chi connectivity index (χ4n) is 2.64. The predicted octanol–water partition coefficient (Wildman–Crippen LogP) is 3.86. The number of pyridine rings is 1. The molecule has 1 aromatic heterocycles. The number of anilines is 1. The summed E-state index contributed by atoms with van der Waals surface area (Å²) in [5, 5.41) is 3.12. The first kappa shape index (κ1) is 21.8. The molecule has 0 fully saturated rings. The van der Waals surface area contributed by atoms with Crippen LogP contribution in [0.25, 0.3) is 0 Å². The lowest BCUT2D eigenvalue weighted by Gasteiger charge is -2.14. The molecule has 2 N–H and O–H groups in total. The van der Waals surface area contributed by atoms with Crippen LogP contribution in [0.1, 0.15) is 22.8 Å². The first-order valence-corrected chi connectivity index (χ1v) is 11.0. The Hall–Kier alpha value is -2.94. The number of rotatable bonds is 8. The third-order valence-electron chi connectivity index (χ3n) is 4.09. The summed E-state index contributed by atoms with van der Waals surface area (Å²) in [7, 11) is -3.83. The van der Waals surface area contributed by atoms with Gasteiger partial charge in [0.15, 0.2) is 0 Å². The summed E-state index contributed by atoms with van der Waals surface area (Å²) in [4.78, 5) is 16.6. The standard InChI is InChI=1S/C21H20ClN3O4S/c1-2-29-20-9-8-18(30(27,28)24-14-15-5-4-10-23-13-15)12-19(20)25-21(26)16-6-3-7-17(22)11-16/h3-13,24H,2,14H2,1H3,(H,25,26). The van der Waals surface area contributed by atoms with Gasteiger partial charge in [0.25, 0.3) is 5.91 Å². The van der Waals surface area contributed by atoms with E-state index >= 15 is 0 Å². The molecule has 7 nitrogen and oxygen atoms in total. The maximum atomic E-state index is 12.7. The van der Waals surface area contributed by atoms with Gasteiger partial charge in [-0.2, -0.15) is 0 Å². The number of ether oxygens (including phenoxy) is 1. The Bertz CT molecular complexity index is 1140. The van der Waals surface area contributed by atoms with Crippen LogP contribution in [0.2, 0.25) is 5.02 Å². The van der Waals surface area contributed by atoms with Gasteiger partial charge in [-0.05, 0) is 55.0 Å².